The van der Waals surface area contributed by atoms with E-state index in [1.165, 1.54) is 19.2 Å². The van der Waals surface area contributed by atoms with Gasteiger partial charge in [0.25, 0.3) is 11.8 Å². The molecular formula is C15H16N4O6S. The van der Waals surface area contributed by atoms with Gasteiger partial charge < -0.3 is 20.9 Å². The van der Waals surface area contributed by atoms with Crippen LogP contribution in [0, 0.1) is 6.92 Å². The fraction of sp³-hybridized carbons (Fsp3) is 0.267. The van der Waals surface area contributed by atoms with Crippen molar-refractivity contribution in [3.63, 3.8) is 0 Å². The number of nitrogens with one attached hydrogen (secondary N) is 1. The molecule has 0 saturated heterocycles. The number of thiophene rings is 1. The van der Waals surface area contributed by atoms with Crippen molar-refractivity contribution in [3.05, 3.63) is 34.0 Å². The molecule has 2 aromatic heterocycles. The first-order chi connectivity index (χ1) is 12.3. The highest BCUT2D eigenvalue weighted by Gasteiger charge is 2.26. The van der Waals surface area contributed by atoms with Crippen LogP contribution in [0.2, 0.25) is 0 Å². The van der Waals surface area contributed by atoms with Crippen molar-refractivity contribution in [2.75, 3.05) is 11.9 Å². The maximum Gasteiger partial charge on any atom is 0.341 e. The molecule has 0 saturated carbocycles. The van der Waals surface area contributed by atoms with E-state index in [2.05, 4.69) is 10.4 Å². The van der Waals surface area contributed by atoms with E-state index in [4.69, 9.17) is 15.6 Å². The first-order valence-electron chi connectivity index (χ1n) is 7.41. The van der Waals surface area contributed by atoms with Crippen LogP contribution in [-0.4, -0.2) is 45.2 Å². The second-order valence-corrected chi connectivity index (χ2v) is 6.09. The number of amides is 2. The molecule has 26 heavy (non-hydrogen) atoms. The van der Waals surface area contributed by atoms with Gasteiger partial charge in [-0.15, -0.1) is 11.3 Å². The van der Waals surface area contributed by atoms with E-state index in [1.54, 1.807) is 6.92 Å². The normalized spacial score (nSPS) is 10.4. The first kappa shape index (κ1) is 19.1. The van der Waals surface area contributed by atoms with Crippen molar-refractivity contribution in [3.8, 4) is 0 Å². The Morgan fingerprint density at radius 3 is 2.65 bits per heavy atom. The predicted molar refractivity (Wildman–Crippen MR) is 91.3 cm³/mol. The third kappa shape index (κ3) is 3.88. The van der Waals surface area contributed by atoms with Crippen LogP contribution in [0.3, 0.4) is 0 Å². The van der Waals surface area contributed by atoms with Crippen LogP contribution in [0.5, 0.6) is 0 Å². The van der Waals surface area contributed by atoms with E-state index < -0.39 is 30.3 Å². The summed E-state index contributed by atoms with van der Waals surface area (Å²) in [6, 6.07) is 1.33. The van der Waals surface area contributed by atoms with E-state index in [-0.39, 0.29) is 27.7 Å². The maximum absolute atomic E-state index is 12.5. The fourth-order valence-corrected chi connectivity index (χ4v) is 3.27. The molecule has 0 aliphatic rings. The monoisotopic (exact) mass is 380 g/mol. The fourth-order valence-electron chi connectivity index (χ4n) is 2.23. The van der Waals surface area contributed by atoms with Gasteiger partial charge in [-0.1, -0.05) is 0 Å². The average Bonchev–Trinajstić information content (AvgIpc) is 3.11. The Balaban J connectivity index is 2.39. The van der Waals surface area contributed by atoms with Crippen molar-refractivity contribution in [1.29, 1.82) is 0 Å². The Morgan fingerprint density at radius 1 is 1.38 bits per heavy atom. The molecule has 2 rings (SSSR count). The number of carboxylic acids is 1. The highest BCUT2D eigenvalue weighted by molar-refractivity contribution is 7.18. The molecule has 0 aliphatic heterocycles. The summed E-state index contributed by atoms with van der Waals surface area (Å²) in [4.78, 5) is 47.2. The third-order valence-electron chi connectivity index (χ3n) is 3.31. The van der Waals surface area contributed by atoms with Gasteiger partial charge in [0, 0.05) is 6.20 Å². The van der Waals surface area contributed by atoms with Crippen molar-refractivity contribution >= 4 is 40.1 Å². The van der Waals surface area contributed by atoms with Crippen LogP contribution in [0.15, 0.2) is 12.3 Å². The molecule has 0 spiro atoms. The number of nitrogens with two attached hydrogens (primary N) is 1. The highest BCUT2D eigenvalue weighted by Crippen LogP contribution is 2.33. The Hall–Kier alpha value is -3.21. The molecule has 2 heterocycles. The molecule has 2 amide bonds. The number of aliphatic carboxylic acids is 1. The summed E-state index contributed by atoms with van der Waals surface area (Å²) < 4.78 is 5.96. The van der Waals surface area contributed by atoms with Crippen molar-refractivity contribution in [1.82, 2.24) is 9.78 Å². The van der Waals surface area contributed by atoms with Gasteiger partial charge in [-0.25, -0.2) is 9.48 Å². The van der Waals surface area contributed by atoms with Crippen LogP contribution >= 0.6 is 11.3 Å². The smallest absolute Gasteiger partial charge is 0.341 e. The van der Waals surface area contributed by atoms with Gasteiger partial charge in [0.1, 0.15) is 17.2 Å². The molecule has 4 N–H and O–H groups in total. The number of nitrogens with zero attached hydrogens (tertiary/aromatic N) is 2. The number of hydrogen-bond acceptors (Lipinski definition) is 7. The van der Waals surface area contributed by atoms with Crippen LogP contribution in [0.1, 0.15) is 43.0 Å². The molecule has 2 aromatic rings. The lowest BCUT2D eigenvalue weighted by molar-refractivity contribution is -0.137. The van der Waals surface area contributed by atoms with Gasteiger partial charge in [0.05, 0.1) is 17.0 Å². The lowest BCUT2D eigenvalue weighted by Crippen LogP contribution is -2.21. The molecule has 0 aliphatic carbocycles. The molecular weight excluding hydrogens is 364 g/mol. The second-order valence-electron chi connectivity index (χ2n) is 5.07. The van der Waals surface area contributed by atoms with Crippen molar-refractivity contribution in [2.24, 2.45) is 5.73 Å². The maximum atomic E-state index is 12.5. The summed E-state index contributed by atoms with van der Waals surface area (Å²) in [7, 11) is 0. The summed E-state index contributed by atoms with van der Waals surface area (Å²) in [6.45, 7) is 2.75. The molecule has 138 valence electrons. The largest absolute Gasteiger partial charge is 0.480 e. The van der Waals surface area contributed by atoms with Crippen LogP contribution < -0.4 is 11.1 Å². The summed E-state index contributed by atoms with van der Waals surface area (Å²) >= 11 is 0.840. The second kappa shape index (κ2) is 7.78. The van der Waals surface area contributed by atoms with E-state index in [9.17, 15) is 19.2 Å². The summed E-state index contributed by atoms with van der Waals surface area (Å²) in [5.74, 6) is -3.30. The van der Waals surface area contributed by atoms with Gasteiger partial charge in [-0.2, -0.15) is 5.10 Å². The Morgan fingerprint density at radius 2 is 2.08 bits per heavy atom. The molecule has 0 unspecified atom stereocenters. The quantitative estimate of drug-likeness (QED) is 0.602. The highest BCUT2D eigenvalue weighted by atomic mass is 32.1. The Labute approximate surface area is 151 Å². The van der Waals surface area contributed by atoms with E-state index in [0.717, 1.165) is 16.0 Å². The topological polar surface area (TPSA) is 154 Å². The number of ether oxygens (including phenoxy) is 1. The number of carbonyl (C=O) groups excluding carboxylic acids is 3. The number of esters is 1. The number of primary amides is 1. The van der Waals surface area contributed by atoms with Crippen molar-refractivity contribution < 1.29 is 29.0 Å². The minimum atomic E-state index is -1.17. The van der Waals surface area contributed by atoms with Gasteiger partial charge >= 0.3 is 11.9 Å². The molecule has 11 heteroatoms. The minimum absolute atomic E-state index is 0.0195. The summed E-state index contributed by atoms with van der Waals surface area (Å²) in [6.07, 6.45) is 1.28. The zero-order chi connectivity index (χ0) is 19.4. The zero-order valence-electron chi connectivity index (χ0n) is 13.9. The number of rotatable bonds is 7. The molecule has 10 nitrogen and oxygen atoms in total. The standard InChI is InChI=1S/C15H16N4O6S/c1-3-25-15(24)10-7(2)11(12(16)22)26-14(10)18-13(23)8-4-5-17-19(8)6-9(20)21/h4-5H,3,6H2,1-2H3,(H2,16,22)(H,18,23)(H,20,21). The number of aromatic nitrogens is 2. The molecule has 0 fully saturated rings. The van der Waals surface area contributed by atoms with E-state index in [1.807, 2.05) is 0 Å². The minimum Gasteiger partial charge on any atom is -0.480 e. The van der Waals surface area contributed by atoms with Crippen LogP contribution in [0.4, 0.5) is 5.00 Å². The molecule has 0 atom stereocenters. The van der Waals surface area contributed by atoms with Gasteiger partial charge in [0.2, 0.25) is 0 Å². The molecule has 0 aromatic carbocycles. The zero-order valence-corrected chi connectivity index (χ0v) is 14.8. The Kier molecular flexibility index (Phi) is 5.72. The summed E-state index contributed by atoms with van der Waals surface area (Å²) in [5.41, 5.74) is 5.62. The molecule has 0 bridgehead atoms. The number of anilines is 1. The number of carbonyl (C=O) groups is 4. The first-order valence-corrected chi connectivity index (χ1v) is 8.23. The van der Waals surface area contributed by atoms with Gasteiger partial charge in [-0.3, -0.25) is 14.4 Å². The SMILES string of the molecule is CCOC(=O)c1c(NC(=O)c2ccnn2CC(=O)O)sc(C(N)=O)c1C. The third-order valence-corrected chi connectivity index (χ3v) is 4.53. The van der Waals surface area contributed by atoms with Crippen molar-refractivity contribution in [2.45, 2.75) is 20.4 Å². The lowest BCUT2D eigenvalue weighted by Gasteiger charge is -2.08. The number of carboxylic acid groups (broad SMARTS) is 1. The van der Waals surface area contributed by atoms with E-state index >= 15 is 0 Å². The Bertz CT molecular complexity index is 885. The van der Waals surface area contributed by atoms with Gasteiger partial charge in [-0.05, 0) is 25.5 Å². The predicted octanol–water partition coefficient (Wildman–Crippen LogP) is 0.866. The van der Waals surface area contributed by atoms with Crippen LogP contribution in [-0.2, 0) is 16.1 Å². The number of hydrogen-bond donors (Lipinski definition) is 3. The summed E-state index contributed by atoms with van der Waals surface area (Å²) in [5, 5.41) is 15.2. The average molecular weight is 380 g/mol. The lowest BCUT2D eigenvalue weighted by atomic mass is 10.1. The van der Waals surface area contributed by atoms with E-state index in [0.29, 0.717) is 5.56 Å². The molecule has 0 radical (unpaired) electrons. The van der Waals surface area contributed by atoms with Crippen LogP contribution in [0.25, 0.3) is 0 Å². The van der Waals surface area contributed by atoms with Gasteiger partial charge in [0.15, 0.2) is 0 Å².